The lowest BCUT2D eigenvalue weighted by molar-refractivity contribution is -0.109. The Hall–Kier alpha value is -2.85. The average molecular weight is 354 g/mol. The van der Waals surface area contributed by atoms with Gasteiger partial charge in [-0.3, -0.25) is 15.2 Å². The number of nitrogens with one attached hydrogen (secondary N) is 1. The average Bonchev–Trinajstić information content (AvgIpc) is 2.59. The second kappa shape index (κ2) is 10.1. The van der Waals surface area contributed by atoms with Crippen molar-refractivity contribution in [2.24, 2.45) is 11.7 Å². The number of nitrogens with two attached hydrogens (primary N) is 2. The quantitative estimate of drug-likeness (QED) is 0.309. The molecule has 0 saturated carbocycles. The Morgan fingerprint density at radius 2 is 2.08 bits per heavy atom. The van der Waals surface area contributed by atoms with Gasteiger partial charge in [-0.15, -0.1) is 0 Å². The molecule has 1 aromatic carbocycles. The molecule has 2 aromatic rings. The number of aromatic nitrogens is 2. The third-order valence-corrected chi connectivity index (χ3v) is 2.97. The lowest BCUT2D eigenvalue weighted by Gasteiger charge is -2.20. The van der Waals surface area contributed by atoms with E-state index in [0.717, 1.165) is 0 Å². The van der Waals surface area contributed by atoms with Gasteiger partial charge in [0.1, 0.15) is 6.61 Å². The molecule has 0 aliphatic heterocycles. The van der Waals surface area contributed by atoms with E-state index in [1.165, 1.54) is 23.3 Å². The summed E-state index contributed by atoms with van der Waals surface area (Å²) in [6.07, 6.45) is 0.815. The molecule has 1 heterocycles. The fraction of sp³-hybridized carbons (Fsp3) is 0.267. The standard InChI is InChI=1S/C14H16F2N4O.CH4N2O/c1-9-6-18-7-13(19-9)21-8-11-10(14(15)16)4-3-5-12(11)20(2)17;2-3-1-4/h3-7,14H,8,17H2,1-2H3;1H,2H2,(H,3,4). The summed E-state index contributed by atoms with van der Waals surface area (Å²) in [6.45, 7) is 1.71. The van der Waals surface area contributed by atoms with Crippen LogP contribution in [0.1, 0.15) is 23.2 Å². The maximum atomic E-state index is 13.1. The number of carbonyl (C=O) groups is 1. The molecule has 0 spiro atoms. The van der Waals surface area contributed by atoms with Gasteiger partial charge in [-0.25, -0.2) is 25.5 Å². The molecule has 2 rings (SSSR count). The number of aryl methyl sites for hydroxylation is 1. The summed E-state index contributed by atoms with van der Waals surface area (Å²) in [5, 5.41) is 1.28. The first-order chi connectivity index (χ1) is 11.9. The lowest BCUT2D eigenvalue weighted by Crippen LogP contribution is -2.27. The molecule has 0 atom stereocenters. The molecule has 5 N–H and O–H groups in total. The zero-order chi connectivity index (χ0) is 18.8. The van der Waals surface area contributed by atoms with Crippen LogP contribution < -0.4 is 26.9 Å². The highest BCUT2D eigenvalue weighted by atomic mass is 19.3. The molecule has 0 aliphatic carbocycles. The first kappa shape index (κ1) is 20.2. The van der Waals surface area contributed by atoms with E-state index < -0.39 is 6.43 Å². The summed E-state index contributed by atoms with van der Waals surface area (Å²) in [7, 11) is 1.58. The van der Waals surface area contributed by atoms with Crippen LogP contribution in [0.25, 0.3) is 0 Å². The predicted octanol–water partition coefficient (Wildman–Crippen LogP) is 1.22. The Bertz CT molecular complexity index is 659. The lowest BCUT2D eigenvalue weighted by atomic mass is 10.1. The third-order valence-electron chi connectivity index (χ3n) is 2.97. The van der Waals surface area contributed by atoms with Crippen molar-refractivity contribution in [1.29, 1.82) is 0 Å². The first-order valence-electron chi connectivity index (χ1n) is 7.10. The van der Waals surface area contributed by atoms with Gasteiger partial charge in [0.25, 0.3) is 6.43 Å². The number of halogens is 2. The van der Waals surface area contributed by atoms with Gasteiger partial charge in [0.05, 0.1) is 17.6 Å². The van der Waals surface area contributed by atoms with Gasteiger partial charge in [-0.1, -0.05) is 12.1 Å². The minimum Gasteiger partial charge on any atom is -0.472 e. The Kier molecular flexibility index (Phi) is 8.16. The molecule has 0 radical (unpaired) electrons. The topological polar surface area (TPSA) is 119 Å². The van der Waals surface area contributed by atoms with Crippen LogP contribution in [0.5, 0.6) is 5.88 Å². The van der Waals surface area contributed by atoms with Crippen LogP contribution in [0, 0.1) is 6.92 Å². The number of carbonyl (C=O) groups excluding carboxylic acids is 1. The highest BCUT2D eigenvalue weighted by Gasteiger charge is 2.18. The summed E-state index contributed by atoms with van der Waals surface area (Å²) >= 11 is 0. The van der Waals surface area contributed by atoms with Crippen LogP contribution in [0.4, 0.5) is 14.5 Å². The zero-order valence-electron chi connectivity index (χ0n) is 13.8. The van der Waals surface area contributed by atoms with Crippen molar-refractivity contribution in [2.75, 3.05) is 12.1 Å². The summed E-state index contributed by atoms with van der Waals surface area (Å²) in [5.74, 6) is 10.4. The Labute approximate surface area is 143 Å². The van der Waals surface area contributed by atoms with Crippen LogP contribution in [0.15, 0.2) is 30.6 Å². The third kappa shape index (κ3) is 6.28. The molecule has 136 valence electrons. The zero-order valence-corrected chi connectivity index (χ0v) is 13.8. The fourth-order valence-electron chi connectivity index (χ4n) is 1.94. The van der Waals surface area contributed by atoms with E-state index in [1.807, 2.05) is 0 Å². The number of hydrogen-bond acceptors (Lipinski definition) is 7. The van der Waals surface area contributed by atoms with E-state index in [0.29, 0.717) is 23.4 Å². The van der Waals surface area contributed by atoms with Gasteiger partial charge in [-0.2, -0.15) is 0 Å². The van der Waals surface area contributed by atoms with Crippen LogP contribution in [0.2, 0.25) is 0 Å². The highest BCUT2D eigenvalue weighted by Crippen LogP contribution is 2.30. The van der Waals surface area contributed by atoms with Gasteiger partial charge < -0.3 is 9.75 Å². The smallest absolute Gasteiger partial charge is 0.264 e. The minimum absolute atomic E-state index is 0.0600. The normalized spacial score (nSPS) is 9.88. The molecule has 1 amide bonds. The van der Waals surface area contributed by atoms with Gasteiger partial charge >= 0.3 is 0 Å². The van der Waals surface area contributed by atoms with Crippen LogP contribution in [0.3, 0.4) is 0 Å². The molecule has 0 aliphatic rings. The molecule has 0 fully saturated rings. The first-order valence-corrected chi connectivity index (χ1v) is 7.10. The fourth-order valence-corrected chi connectivity index (χ4v) is 1.94. The Morgan fingerprint density at radius 1 is 1.40 bits per heavy atom. The monoisotopic (exact) mass is 354 g/mol. The molecule has 1 aromatic heterocycles. The summed E-state index contributed by atoms with van der Waals surface area (Å²) in [5.41, 5.74) is 3.14. The molecule has 10 heteroatoms. The van der Waals surface area contributed by atoms with E-state index in [9.17, 15) is 8.78 Å². The number of amides is 1. The minimum atomic E-state index is -2.60. The van der Waals surface area contributed by atoms with Crippen molar-refractivity contribution in [3.8, 4) is 5.88 Å². The van der Waals surface area contributed by atoms with Crippen LogP contribution in [-0.4, -0.2) is 23.4 Å². The van der Waals surface area contributed by atoms with E-state index in [4.69, 9.17) is 15.4 Å². The molecule has 0 bridgehead atoms. The van der Waals surface area contributed by atoms with Gasteiger partial charge in [-0.05, 0) is 13.0 Å². The number of hydrogen-bond donors (Lipinski definition) is 3. The molecule has 25 heavy (non-hydrogen) atoms. The second-order valence-corrected chi connectivity index (χ2v) is 4.83. The molecular formula is C15H20F2N6O2. The van der Waals surface area contributed by atoms with Crippen LogP contribution >= 0.6 is 0 Å². The number of benzene rings is 1. The number of anilines is 1. The molecule has 0 unspecified atom stereocenters. The van der Waals surface area contributed by atoms with E-state index >= 15 is 0 Å². The second-order valence-electron chi connectivity index (χ2n) is 4.83. The maximum Gasteiger partial charge on any atom is 0.264 e. The maximum absolute atomic E-state index is 13.1. The number of alkyl halides is 2. The number of hydrazine groups is 2. The summed E-state index contributed by atoms with van der Waals surface area (Å²) < 4.78 is 31.7. The number of nitrogens with zero attached hydrogens (tertiary/aromatic N) is 3. The molecular weight excluding hydrogens is 334 g/mol. The summed E-state index contributed by atoms with van der Waals surface area (Å²) in [6, 6.07) is 4.56. The van der Waals surface area contributed by atoms with E-state index in [1.54, 1.807) is 31.7 Å². The number of ether oxygens (including phenoxy) is 1. The van der Waals surface area contributed by atoms with Crippen molar-refractivity contribution in [2.45, 2.75) is 20.0 Å². The van der Waals surface area contributed by atoms with Crippen molar-refractivity contribution in [1.82, 2.24) is 15.4 Å². The predicted molar refractivity (Wildman–Crippen MR) is 88.5 cm³/mol. The Morgan fingerprint density at radius 3 is 2.60 bits per heavy atom. The number of rotatable bonds is 6. The van der Waals surface area contributed by atoms with Gasteiger partial charge in [0, 0.05) is 24.4 Å². The summed E-state index contributed by atoms with van der Waals surface area (Å²) in [4.78, 5) is 17.0. The van der Waals surface area contributed by atoms with Gasteiger partial charge in [0.15, 0.2) is 0 Å². The molecule has 0 saturated heterocycles. The Balaban J connectivity index is 0.000000705. The van der Waals surface area contributed by atoms with Crippen molar-refractivity contribution in [3.63, 3.8) is 0 Å². The SMILES string of the molecule is Cc1cncc(OCc2c(C(F)F)cccc2N(C)N)n1.NNC=O. The van der Waals surface area contributed by atoms with Crippen molar-refractivity contribution < 1.29 is 18.3 Å². The molecule has 8 nitrogen and oxygen atoms in total. The van der Waals surface area contributed by atoms with Crippen molar-refractivity contribution in [3.05, 3.63) is 47.4 Å². The highest BCUT2D eigenvalue weighted by molar-refractivity contribution is 5.55. The van der Waals surface area contributed by atoms with Gasteiger partial charge in [0.2, 0.25) is 12.3 Å². The van der Waals surface area contributed by atoms with Crippen LogP contribution in [-0.2, 0) is 11.4 Å². The largest absolute Gasteiger partial charge is 0.472 e. The van der Waals surface area contributed by atoms with Crippen molar-refractivity contribution >= 4 is 12.1 Å². The van der Waals surface area contributed by atoms with E-state index in [-0.39, 0.29) is 18.1 Å². The van der Waals surface area contributed by atoms with E-state index in [2.05, 4.69) is 15.8 Å².